The summed E-state index contributed by atoms with van der Waals surface area (Å²) in [6, 6.07) is 20.6. The smallest absolute Gasteiger partial charge is 0.181 e. The molecule has 0 atom stereocenters. The van der Waals surface area contributed by atoms with Gasteiger partial charge in [-0.3, -0.25) is 4.57 Å². The first kappa shape index (κ1) is 10.8. The SMILES string of the molecule is [c]1ncc(Cc2ccccc2)n1-c1ccccc1. The molecule has 1 aromatic heterocycles. The zero-order valence-electron chi connectivity index (χ0n) is 9.95. The Morgan fingerprint density at radius 1 is 0.889 bits per heavy atom. The third-order valence-corrected chi connectivity index (χ3v) is 2.90. The van der Waals surface area contributed by atoms with Crippen molar-refractivity contribution in [1.82, 2.24) is 9.55 Å². The van der Waals surface area contributed by atoms with Crippen LogP contribution < -0.4 is 0 Å². The summed E-state index contributed by atoms with van der Waals surface area (Å²) in [5.41, 5.74) is 3.52. The number of nitrogens with zero attached hydrogens (tertiary/aromatic N) is 2. The van der Waals surface area contributed by atoms with Gasteiger partial charge in [0.25, 0.3) is 0 Å². The minimum atomic E-state index is 0.867. The van der Waals surface area contributed by atoms with E-state index < -0.39 is 0 Å². The monoisotopic (exact) mass is 233 g/mol. The highest BCUT2D eigenvalue weighted by atomic mass is 15.0. The number of rotatable bonds is 3. The lowest BCUT2D eigenvalue weighted by molar-refractivity contribution is 0.947. The number of hydrogen-bond donors (Lipinski definition) is 0. The van der Waals surface area contributed by atoms with Crippen LogP contribution in [-0.4, -0.2) is 9.55 Å². The Bertz CT molecular complexity index is 612. The van der Waals surface area contributed by atoms with Crippen molar-refractivity contribution in [3.05, 3.63) is 84.4 Å². The van der Waals surface area contributed by atoms with E-state index in [4.69, 9.17) is 0 Å². The lowest BCUT2D eigenvalue weighted by Crippen LogP contribution is -1.99. The van der Waals surface area contributed by atoms with Crippen LogP contribution in [0.25, 0.3) is 5.69 Å². The van der Waals surface area contributed by atoms with Crippen molar-refractivity contribution in [3.8, 4) is 5.69 Å². The second kappa shape index (κ2) is 4.88. The van der Waals surface area contributed by atoms with Crippen molar-refractivity contribution in [2.45, 2.75) is 6.42 Å². The summed E-state index contributed by atoms with van der Waals surface area (Å²) in [6.07, 6.45) is 5.75. The molecule has 3 rings (SSSR count). The summed E-state index contributed by atoms with van der Waals surface area (Å²) in [4.78, 5) is 4.13. The van der Waals surface area contributed by atoms with Gasteiger partial charge in [0, 0.05) is 24.0 Å². The molecule has 0 saturated heterocycles. The lowest BCUT2D eigenvalue weighted by Gasteiger charge is -2.07. The van der Waals surface area contributed by atoms with Gasteiger partial charge in [-0.05, 0) is 17.7 Å². The van der Waals surface area contributed by atoms with Crippen molar-refractivity contribution in [3.63, 3.8) is 0 Å². The first-order valence-corrected chi connectivity index (χ1v) is 5.97. The van der Waals surface area contributed by atoms with Crippen molar-refractivity contribution < 1.29 is 0 Å². The minimum absolute atomic E-state index is 0.867. The van der Waals surface area contributed by atoms with Crippen molar-refractivity contribution >= 4 is 0 Å². The van der Waals surface area contributed by atoms with E-state index in [1.807, 2.05) is 35.0 Å². The first-order chi connectivity index (χ1) is 8.93. The van der Waals surface area contributed by atoms with E-state index in [1.54, 1.807) is 0 Å². The normalized spacial score (nSPS) is 10.4. The van der Waals surface area contributed by atoms with Crippen LogP contribution in [0.15, 0.2) is 66.9 Å². The predicted octanol–water partition coefficient (Wildman–Crippen LogP) is 3.26. The van der Waals surface area contributed by atoms with E-state index in [0.717, 1.165) is 17.8 Å². The molecule has 2 aromatic carbocycles. The van der Waals surface area contributed by atoms with E-state index in [2.05, 4.69) is 47.7 Å². The largest absolute Gasteiger partial charge is 0.294 e. The fraction of sp³-hybridized carbons (Fsp3) is 0.0625. The van der Waals surface area contributed by atoms with Gasteiger partial charge in [-0.25, -0.2) is 4.98 Å². The highest BCUT2D eigenvalue weighted by molar-refractivity contribution is 5.34. The molecule has 0 aliphatic carbocycles. The minimum Gasteiger partial charge on any atom is -0.294 e. The Balaban J connectivity index is 1.93. The Labute approximate surface area is 107 Å². The quantitative estimate of drug-likeness (QED) is 0.679. The highest BCUT2D eigenvalue weighted by Gasteiger charge is 2.05. The third kappa shape index (κ3) is 2.18. The summed E-state index contributed by atoms with van der Waals surface area (Å²) < 4.78 is 2.01. The molecular weight excluding hydrogens is 220 g/mol. The maximum absolute atomic E-state index is 4.13. The third-order valence-electron chi connectivity index (χ3n) is 2.90. The van der Waals surface area contributed by atoms with Crippen LogP contribution >= 0.6 is 0 Å². The summed E-state index contributed by atoms with van der Waals surface area (Å²) in [5, 5.41) is 0. The van der Waals surface area contributed by atoms with Gasteiger partial charge in [-0.1, -0.05) is 48.5 Å². The molecule has 0 unspecified atom stereocenters. The summed E-state index contributed by atoms with van der Waals surface area (Å²) in [6.45, 7) is 0. The van der Waals surface area contributed by atoms with Gasteiger partial charge in [0.1, 0.15) is 0 Å². The van der Waals surface area contributed by atoms with Gasteiger partial charge in [-0.15, -0.1) is 0 Å². The Morgan fingerprint density at radius 3 is 2.28 bits per heavy atom. The molecule has 2 heteroatoms. The van der Waals surface area contributed by atoms with Gasteiger partial charge in [0.2, 0.25) is 0 Å². The van der Waals surface area contributed by atoms with Crippen LogP contribution in [0.5, 0.6) is 0 Å². The summed E-state index contributed by atoms with van der Waals surface area (Å²) in [7, 11) is 0. The van der Waals surface area contributed by atoms with Crippen LogP contribution in [0, 0.1) is 6.33 Å². The van der Waals surface area contributed by atoms with E-state index in [0.29, 0.717) is 0 Å². The molecule has 0 fully saturated rings. The van der Waals surface area contributed by atoms with Crippen LogP contribution in [0.3, 0.4) is 0 Å². The van der Waals surface area contributed by atoms with E-state index in [9.17, 15) is 0 Å². The summed E-state index contributed by atoms with van der Waals surface area (Å²) >= 11 is 0. The standard InChI is InChI=1S/C16H13N2/c1-3-7-14(8-4-1)11-16-12-17-13-18(16)15-9-5-2-6-10-15/h1-10,12H,11H2. The van der Waals surface area contributed by atoms with Crippen molar-refractivity contribution in [1.29, 1.82) is 0 Å². The molecule has 1 heterocycles. The van der Waals surface area contributed by atoms with Gasteiger partial charge in [0.15, 0.2) is 6.33 Å². The molecule has 87 valence electrons. The van der Waals surface area contributed by atoms with Gasteiger partial charge >= 0.3 is 0 Å². The van der Waals surface area contributed by atoms with Gasteiger partial charge < -0.3 is 0 Å². The van der Waals surface area contributed by atoms with Gasteiger partial charge in [0.05, 0.1) is 0 Å². The second-order valence-electron chi connectivity index (χ2n) is 4.18. The number of aromatic nitrogens is 2. The molecule has 18 heavy (non-hydrogen) atoms. The molecular formula is C16H13N2. The van der Waals surface area contributed by atoms with Crippen LogP contribution in [0.4, 0.5) is 0 Å². The number of para-hydroxylation sites is 1. The Kier molecular flexibility index (Phi) is 2.92. The van der Waals surface area contributed by atoms with Crippen LogP contribution in [0.1, 0.15) is 11.3 Å². The topological polar surface area (TPSA) is 17.8 Å². The zero-order valence-corrected chi connectivity index (χ0v) is 9.95. The molecule has 0 amide bonds. The van der Waals surface area contributed by atoms with Gasteiger partial charge in [-0.2, -0.15) is 0 Å². The maximum atomic E-state index is 4.13. The predicted molar refractivity (Wildman–Crippen MR) is 71.6 cm³/mol. The number of benzene rings is 2. The van der Waals surface area contributed by atoms with Crippen molar-refractivity contribution in [2.24, 2.45) is 0 Å². The Hall–Kier alpha value is -2.35. The van der Waals surface area contributed by atoms with E-state index in [-0.39, 0.29) is 0 Å². The maximum Gasteiger partial charge on any atom is 0.181 e. The fourth-order valence-corrected chi connectivity index (χ4v) is 2.01. The highest BCUT2D eigenvalue weighted by Crippen LogP contribution is 2.14. The van der Waals surface area contributed by atoms with E-state index in [1.165, 1.54) is 5.56 Å². The fourth-order valence-electron chi connectivity index (χ4n) is 2.01. The number of hydrogen-bond acceptors (Lipinski definition) is 1. The molecule has 1 radical (unpaired) electrons. The number of imidazole rings is 1. The molecule has 0 aliphatic heterocycles. The second-order valence-corrected chi connectivity index (χ2v) is 4.18. The molecule has 0 spiro atoms. The average molecular weight is 233 g/mol. The first-order valence-electron chi connectivity index (χ1n) is 5.97. The molecule has 0 N–H and O–H groups in total. The molecule has 0 bridgehead atoms. The molecule has 0 saturated carbocycles. The molecule has 0 aliphatic rings. The van der Waals surface area contributed by atoms with Crippen LogP contribution in [-0.2, 0) is 6.42 Å². The molecule has 2 nitrogen and oxygen atoms in total. The average Bonchev–Trinajstić information content (AvgIpc) is 2.89. The van der Waals surface area contributed by atoms with Crippen LogP contribution in [0.2, 0.25) is 0 Å². The summed E-state index contributed by atoms with van der Waals surface area (Å²) in [5.74, 6) is 0. The van der Waals surface area contributed by atoms with E-state index >= 15 is 0 Å². The Morgan fingerprint density at radius 2 is 1.56 bits per heavy atom. The zero-order chi connectivity index (χ0) is 12.2. The lowest BCUT2D eigenvalue weighted by atomic mass is 10.1. The molecule has 3 aromatic rings. The van der Waals surface area contributed by atoms with Crippen molar-refractivity contribution in [2.75, 3.05) is 0 Å².